The summed E-state index contributed by atoms with van der Waals surface area (Å²) in [5.41, 5.74) is 0. The minimum Gasteiger partial charge on any atom is -0.353 e. The van der Waals surface area contributed by atoms with Crippen molar-refractivity contribution in [3.05, 3.63) is 29.4 Å². The van der Waals surface area contributed by atoms with E-state index in [0.29, 0.717) is 31.3 Å². The van der Waals surface area contributed by atoms with Crippen LogP contribution in [0.5, 0.6) is 0 Å². The second-order valence-corrected chi connectivity index (χ2v) is 7.93. The van der Waals surface area contributed by atoms with Crippen molar-refractivity contribution in [1.82, 2.24) is 25.4 Å². The van der Waals surface area contributed by atoms with Crippen molar-refractivity contribution in [3.8, 4) is 0 Å². The van der Waals surface area contributed by atoms with Crippen LogP contribution in [0.2, 0.25) is 0 Å². The number of urea groups is 1. The van der Waals surface area contributed by atoms with Gasteiger partial charge in [-0.15, -0.1) is 10.2 Å². The van der Waals surface area contributed by atoms with Crippen LogP contribution in [0.1, 0.15) is 31.7 Å². The van der Waals surface area contributed by atoms with E-state index in [9.17, 15) is 9.59 Å². The molecule has 1 fully saturated rings. The summed E-state index contributed by atoms with van der Waals surface area (Å²) in [5, 5.41) is 14.8. The molecule has 0 radical (unpaired) electrons. The van der Waals surface area contributed by atoms with E-state index in [-0.39, 0.29) is 17.9 Å². The van der Waals surface area contributed by atoms with Crippen LogP contribution in [0.4, 0.5) is 15.7 Å². The van der Waals surface area contributed by atoms with E-state index in [1.54, 1.807) is 18.0 Å². The van der Waals surface area contributed by atoms with Crippen LogP contribution in [-0.2, 0) is 4.79 Å². The van der Waals surface area contributed by atoms with E-state index in [1.165, 1.54) is 11.3 Å². The van der Waals surface area contributed by atoms with E-state index in [0.717, 1.165) is 10.8 Å². The van der Waals surface area contributed by atoms with E-state index in [1.807, 2.05) is 32.0 Å². The molecule has 3 heterocycles. The zero-order valence-corrected chi connectivity index (χ0v) is 17.1. The quantitative estimate of drug-likeness (QED) is 0.791. The third-order valence-electron chi connectivity index (χ3n) is 4.44. The molecule has 0 aromatic carbocycles. The summed E-state index contributed by atoms with van der Waals surface area (Å²) < 4.78 is 0. The number of carbonyl (C=O) groups is 2. The second kappa shape index (κ2) is 8.96. The lowest BCUT2D eigenvalue weighted by molar-refractivity contribution is -0.117. The Morgan fingerprint density at radius 3 is 2.46 bits per heavy atom. The van der Waals surface area contributed by atoms with Crippen LogP contribution in [0.3, 0.4) is 0 Å². The molecule has 0 unspecified atom stereocenters. The highest BCUT2D eigenvalue weighted by Crippen LogP contribution is 2.22. The first-order valence-electron chi connectivity index (χ1n) is 9.29. The molecule has 3 rings (SSSR count). The molecule has 0 saturated carbocycles. The molecule has 0 spiro atoms. The minimum absolute atomic E-state index is 0.247. The van der Waals surface area contributed by atoms with Crippen molar-refractivity contribution in [1.29, 1.82) is 0 Å². The van der Waals surface area contributed by atoms with Crippen LogP contribution >= 0.6 is 11.3 Å². The minimum atomic E-state index is -0.673. The topological polar surface area (TPSA) is 103 Å². The number of piperazine rings is 1. The molecule has 2 aromatic heterocycles. The van der Waals surface area contributed by atoms with Crippen molar-refractivity contribution >= 4 is 34.2 Å². The monoisotopic (exact) mass is 403 g/mol. The Kier molecular flexibility index (Phi) is 6.40. The normalized spacial score (nSPS) is 15.4. The molecule has 1 aliphatic heterocycles. The van der Waals surface area contributed by atoms with Gasteiger partial charge in [0.05, 0.1) is 0 Å². The Bertz CT molecular complexity index is 803. The predicted octanol–water partition coefficient (Wildman–Crippen LogP) is 1.92. The fraction of sp³-hybridized carbons (Fsp3) is 0.500. The highest BCUT2D eigenvalue weighted by atomic mass is 32.1. The molecule has 1 aliphatic rings. The highest BCUT2D eigenvalue weighted by Gasteiger charge is 2.25. The Hall–Kier alpha value is -2.75. The average molecular weight is 404 g/mol. The predicted molar refractivity (Wildman–Crippen MR) is 109 cm³/mol. The number of rotatable bonds is 5. The lowest BCUT2D eigenvalue weighted by Gasteiger charge is -2.35. The van der Waals surface area contributed by atoms with Crippen LogP contribution in [0.15, 0.2) is 24.4 Å². The van der Waals surface area contributed by atoms with Gasteiger partial charge in [0.2, 0.25) is 11.0 Å². The number of nitrogens with one attached hydrogen (secondary N) is 2. The summed E-state index contributed by atoms with van der Waals surface area (Å²) in [4.78, 5) is 33.0. The molecule has 9 nitrogen and oxygen atoms in total. The van der Waals surface area contributed by atoms with Gasteiger partial charge in [0.1, 0.15) is 16.9 Å². The fourth-order valence-electron chi connectivity index (χ4n) is 2.75. The standard InChI is InChI=1S/C18H25N7O2S/c1-12(2)16-22-23-17(28-16)21-15(26)13(3)20-18(27)25-10-8-24(9-11-25)14-6-4-5-7-19-14/h4-7,12-13H,8-11H2,1-3H3,(H,20,27)(H,21,23,26)/t13-/m0/s1. The number of hydrogen-bond acceptors (Lipinski definition) is 7. The summed E-state index contributed by atoms with van der Waals surface area (Å²) in [6, 6.07) is 4.87. The third kappa shape index (κ3) is 4.94. The van der Waals surface area contributed by atoms with Crippen molar-refractivity contribution in [3.63, 3.8) is 0 Å². The molecule has 1 atom stereocenters. The molecular weight excluding hydrogens is 378 g/mol. The first-order chi connectivity index (χ1) is 13.4. The summed E-state index contributed by atoms with van der Waals surface area (Å²) in [5.74, 6) is 0.852. The fourth-order valence-corrected chi connectivity index (χ4v) is 3.50. The van der Waals surface area contributed by atoms with E-state index < -0.39 is 6.04 Å². The number of hydrogen-bond donors (Lipinski definition) is 2. The smallest absolute Gasteiger partial charge is 0.318 e. The molecule has 2 aromatic rings. The molecule has 0 aliphatic carbocycles. The van der Waals surface area contributed by atoms with Gasteiger partial charge in [0.25, 0.3) is 0 Å². The van der Waals surface area contributed by atoms with Crippen LogP contribution in [0.25, 0.3) is 0 Å². The first kappa shape index (κ1) is 20.0. The molecule has 1 saturated heterocycles. The maximum absolute atomic E-state index is 12.5. The Morgan fingerprint density at radius 1 is 1.11 bits per heavy atom. The Balaban J connectivity index is 1.46. The molecule has 3 amide bonds. The van der Waals surface area contributed by atoms with Crippen LogP contribution in [-0.4, -0.2) is 64.2 Å². The van der Waals surface area contributed by atoms with E-state index >= 15 is 0 Å². The molecule has 150 valence electrons. The largest absolute Gasteiger partial charge is 0.353 e. The van der Waals surface area contributed by atoms with Crippen molar-refractivity contribution < 1.29 is 9.59 Å². The van der Waals surface area contributed by atoms with Crippen LogP contribution < -0.4 is 15.5 Å². The number of amides is 3. The summed E-state index contributed by atoms with van der Waals surface area (Å²) in [7, 11) is 0. The molecule has 2 N–H and O–H groups in total. The SMILES string of the molecule is CC(C)c1nnc(NC(=O)[C@H](C)NC(=O)N2CCN(c3ccccn3)CC2)s1. The van der Waals surface area contributed by atoms with E-state index in [4.69, 9.17) is 0 Å². The first-order valence-corrected chi connectivity index (χ1v) is 10.1. The van der Waals surface area contributed by atoms with E-state index in [2.05, 4.69) is 30.7 Å². The lowest BCUT2D eigenvalue weighted by atomic mass is 10.2. The van der Waals surface area contributed by atoms with Gasteiger partial charge >= 0.3 is 6.03 Å². The number of anilines is 2. The maximum atomic E-state index is 12.5. The zero-order valence-electron chi connectivity index (χ0n) is 16.3. The van der Waals surface area contributed by atoms with Crippen molar-refractivity contribution in [2.24, 2.45) is 0 Å². The zero-order chi connectivity index (χ0) is 20.1. The van der Waals surface area contributed by atoms with Gasteiger partial charge in [-0.3, -0.25) is 10.1 Å². The lowest BCUT2D eigenvalue weighted by Crippen LogP contribution is -2.54. The van der Waals surface area contributed by atoms with Gasteiger partial charge in [0, 0.05) is 38.3 Å². The highest BCUT2D eigenvalue weighted by molar-refractivity contribution is 7.15. The van der Waals surface area contributed by atoms with Gasteiger partial charge in [-0.25, -0.2) is 9.78 Å². The van der Waals surface area contributed by atoms with Crippen molar-refractivity contribution in [2.75, 3.05) is 36.4 Å². The second-order valence-electron chi connectivity index (χ2n) is 6.92. The Morgan fingerprint density at radius 2 is 1.86 bits per heavy atom. The third-order valence-corrected chi connectivity index (χ3v) is 5.58. The summed E-state index contributed by atoms with van der Waals surface area (Å²) in [6.07, 6.45) is 1.76. The molecule has 28 heavy (non-hydrogen) atoms. The van der Waals surface area contributed by atoms with Crippen molar-refractivity contribution in [2.45, 2.75) is 32.7 Å². The van der Waals surface area contributed by atoms with Gasteiger partial charge < -0.3 is 15.1 Å². The Labute approximate surface area is 168 Å². The van der Waals surface area contributed by atoms with Gasteiger partial charge in [-0.05, 0) is 19.1 Å². The number of aromatic nitrogens is 3. The molecular formula is C18H25N7O2S. The van der Waals surface area contributed by atoms with Crippen LogP contribution in [0, 0.1) is 0 Å². The maximum Gasteiger partial charge on any atom is 0.318 e. The number of pyridine rings is 1. The van der Waals surface area contributed by atoms with Gasteiger partial charge in [0.15, 0.2) is 0 Å². The summed E-state index contributed by atoms with van der Waals surface area (Å²) >= 11 is 1.34. The average Bonchev–Trinajstić information content (AvgIpc) is 3.17. The number of carbonyl (C=O) groups excluding carboxylic acids is 2. The number of nitrogens with zero attached hydrogens (tertiary/aromatic N) is 5. The molecule has 10 heteroatoms. The molecule has 0 bridgehead atoms. The van der Waals surface area contributed by atoms with Gasteiger partial charge in [-0.1, -0.05) is 31.3 Å². The summed E-state index contributed by atoms with van der Waals surface area (Å²) in [6.45, 7) is 8.24. The van der Waals surface area contributed by atoms with Gasteiger partial charge in [-0.2, -0.15) is 0 Å².